The zero-order valence-electron chi connectivity index (χ0n) is 6.38. The first-order valence-corrected chi connectivity index (χ1v) is 3.26. The van der Waals surface area contributed by atoms with E-state index in [1.165, 1.54) is 12.1 Å². The molecule has 0 atom stereocenters. The van der Waals surface area contributed by atoms with Crippen LogP contribution in [0.1, 0.15) is 10.4 Å². The van der Waals surface area contributed by atoms with Crippen LogP contribution in [0.4, 0.5) is 5.69 Å². The fourth-order valence-corrected chi connectivity index (χ4v) is 0.815. The summed E-state index contributed by atoms with van der Waals surface area (Å²) in [4.78, 5) is 12.9. The van der Waals surface area contributed by atoms with E-state index < -0.39 is 11.7 Å². The van der Waals surface area contributed by atoms with E-state index in [0.29, 0.717) is 0 Å². The monoisotopic (exact) mass is 179 g/mol. The van der Waals surface area contributed by atoms with Gasteiger partial charge in [0.1, 0.15) is 11.3 Å². The molecule has 0 radical (unpaired) electrons. The van der Waals surface area contributed by atoms with Crippen molar-refractivity contribution >= 4 is 11.7 Å². The lowest BCUT2D eigenvalue weighted by Crippen LogP contribution is -1.95. The second kappa shape index (κ2) is 3.46. The van der Waals surface area contributed by atoms with Crippen molar-refractivity contribution in [3.8, 4) is 5.75 Å². The number of hydrogen-bond acceptors (Lipinski definition) is 3. The van der Waals surface area contributed by atoms with Gasteiger partial charge in [0.15, 0.2) is 0 Å². The molecule has 0 fully saturated rings. The van der Waals surface area contributed by atoms with E-state index in [-0.39, 0.29) is 11.3 Å². The summed E-state index contributed by atoms with van der Waals surface area (Å²) in [5.41, 5.74) is 8.00. The van der Waals surface area contributed by atoms with Gasteiger partial charge in [0, 0.05) is 10.6 Å². The Balaban J connectivity index is 3.19. The Morgan fingerprint density at radius 2 is 2.23 bits per heavy atom. The van der Waals surface area contributed by atoms with Crippen LogP contribution in [0, 0.1) is 0 Å². The average molecular weight is 179 g/mol. The van der Waals surface area contributed by atoms with Crippen molar-refractivity contribution in [2.24, 2.45) is 5.11 Å². The van der Waals surface area contributed by atoms with Gasteiger partial charge in [0.25, 0.3) is 0 Å². The molecular weight excluding hydrogens is 174 g/mol. The molecule has 0 unspecified atom stereocenters. The number of hydrogen-bond donors (Lipinski definition) is 2. The largest absolute Gasteiger partial charge is 0.507 e. The van der Waals surface area contributed by atoms with Crippen LogP contribution < -0.4 is 0 Å². The third kappa shape index (κ3) is 1.88. The Hall–Kier alpha value is -2.20. The Kier molecular flexibility index (Phi) is 2.37. The normalized spacial score (nSPS) is 8.92. The quantitative estimate of drug-likeness (QED) is 0.412. The summed E-state index contributed by atoms with van der Waals surface area (Å²) < 4.78 is 0. The lowest BCUT2D eigenvalue weighted by molar-refractivity contribution is 0.0694. The first kappa shape index (κ1) is 8.89. The number of phenols is 1. The first-order valence-electron chi connectivity index (χ1n) is 3.26. The number of aromatic hydroxyl groups is 1. The van der Waals surface area contributed by atoms with E-state index in [2.05, 4.69) is 10.0 Å². The van der Waals surface area contributed by atoms with Gasteiger partial charge >= 0.3 is 5.97 Å². The van der Waals surface area contributed by atoms with E-state index in [9.17, 15) is 4.79 Å². The second-order valence-corrected chi connectivity index (χ2v) is 2.20. The molecule has 6 heteroatoms. The Bertz CT molecular complexity index is 396. The summed E-state index contributed by atoms with van der Waals surface area (Å²) in [7, 11) is 0. The van der Waals surface area contributed by atoms with E-state index >= 15 is 0 Å². The molecule has 0 amide bonds. The maximum absolute atomic E-state index is 10.4. The molecular formula is C7H5N3O3. The SMILES string of the molecule is [N-]=[N+]=Nc1ccc(C(=O)O)c(O)c1. The Morgan fingerprint density at radius 3 is 2.69 bits per heavy atom. The Labute approximate surface area is 72.7 Å². The van der Waals surface area contributed by atoms with Crippen LogP contribution >= 0.6 is 0 Å². The summed E-state index contributed by atoms with van der Waals surface area (Å²) >= 11 is 0. The molecule has 0 aromatic heterocycles. The van der Waals surface area contributed by atoms with Crippen LogP contribution in [0.25, 0.3) is 10.4 Å². The van der Waals surface area contributed by atoms with Crippen LogP contribution in [0.15, 0.2) is 23.3 Å². The van der Waals surface area contributed by atoms with Gasteiger partial charge in [-0.15, -0.1) is 0 Å². The highest BCUT2D eigenvalue weighted by Gasteiger charge is 2.08. The molecule has 0 saturated heterocycles. The van der Waals surface area contributed by atoms with E-state index in [1.807, 2.05) is 0 Å². The highest BCUT2D eigenvalue weighted by Crippen LogP contribution is 2.23. The van der Waals surface area contributed by atoms with Gasteiger partial charge in [-0.2, -0.15) is 0 Å². The summed E-state index contributed by atoms with van der Waals surface area (Å²) in [5, 5.41) is 20.8. The van der Waals surface area contributed by atoms with Crippen molar-refractivity contribution in [1.29, 1.82) is 0 Å². The van der Waals surface area contributed by atoms with Crippen LogP contribution in [0.2, 0.25) is 0 Å². The second-order valence-electron chi connectivity index (χ2n) is 2.20. The molecule has 6 nitrogen and oxygen atoms in total. The number of benzene rings is 1. The Morgan fingerprint density at radius 1 is 1.54 bits per heavy atom. The van der Waals surface area contributed by atoms with Crippen LogP contribution in [-0.4, -0.2) is 16.2 Å². The lowest BCUT2D eigenvalue weighted by atomic mass is 10.2. The molecule has 1 aromatic carbocycles. The molecule has 0 heterocycles. The molecule has 66 valence electrons. The van der Waals surface area contributed by atoms with Crippen LogP contribution in [-0.2, 0) is 0 Å². The highest BCUT2D eigenvalue weighted by molar-refractivity contribution is 5.91. The zero-order chi connectivity index (χ0) is 9.84. The third-order valence-corrected chi connectivity index (χ3v) is 1.37. The van der Waals surface area contributed by atoms with Crippen molar-refractivity contribution in [1.82, 2.24) is 0 Å². The maximum atomic E-state index is 10.4. The molecule has 1 rings (SSSR count). The lowest BCUT2D eigenvalue weighted by Gasteiger charge is -1.98. The predicted molar refractivity (Wildman–Crippen MR) is 43.9 cm³/mol. The van der Waals surface area contributed by atoms with Gasteiger partial charge in [0.05, 0.1) is 0 Å². The number of nitrogens with zero attached hydrogens (tertiary/aromatic N) is 3. The number of rotatable bonds is 2. The van der Waals surface area contributed by atoms with E-state index in [1.54, 1.807) is 0 Å². The molecule has 0 aliphatic carbocycles. The molecule has 1 aromatic rings. The number of aromatic carboxylic acids is 1. The first-order chi connectivity index (χ1) is 6.15. The minimum atomic E-state index is -1.23. The van der Waals surface area contributed by atoms with Gasteiger partial charge in [-0.3, -0.25) is 0 Å². The highest BCUT2D eigenvalue weighted by atomic mass is 16.4. The van der Waals surface area contributed by atoms with Crippen molar-refractivity contribution in [2.75, 3.05) is 0 Å². The van der Waals surface area contributed by atoms with Crippen molar-refractivity contribution in [3.63, 3.8) is 0 Å². The molecule has 0 aliphatic rings. The minimum Gasteiger partial charge on any atom is -0.507 e. The fourth-order valence-electron chi connectivity index (χ4n) is 0.815. The minimum absolute atomic E-state index is 0.171. The fraction of sp³-hybridized carbons (Fsp3) is 0. The van der Waals surface area contributed by atoms with Gasteiger partial charge in [-0.25, -0.2) is 4.79 Å². The molecule has 0 saturated carbocycles. The average Bonchev–Trinajstić information content (AvgIpc) is 2.04. The number of carbonyl (C=O) groups is 1. The molecule has 13 heavy (non-hydrogen) atoms. The van der Waals surface area contributed by atoms with Crippen molar-refractivity contribution in [2.45, 2.75) is 0 Å². The number of carboxylic acids is 1. The maximum Gasteiger partial charge on any atom is 0.339 e. The van der Waals surface area contributed by atoms with Crippen LogP contribution in [0.3, 0.4) is 0 Å². The number of azide groups is 1. The van der Waals surface area contributed by atoms with E-state index in [0.717, 1.165) is 6.07 Å². The third-order valence-electron chi connectivity index (χ3n) is 1.37. The van der Waals surface area contributed by atoms with Crippen molar-refractivity contribution in [3.05, 3.63) is 34.2 Å². The van der Waals surface area contributed by atoms with E-state index in [4.69, 9.17) is 15.7 Å². The molecule has 0 bridgehead atoms. The number of carboxylic acid groups (broad SMARTS) is 1. The molecule has 2 N–H and O–H groups in total. The summed E-state index contributed by atoms with van der Waals surface area (Å²) in [5.74, 6) is -1.65. The topological polar surface area (TPSA) is 106 Å². The summed E-state index contributed by atoms with van der Waals surface area (Å²) in [6, 6.07) is 3.56. The summed E-state index contributed by atoms with van der Waals surface area (Å²) in [6.45, 7) is 0. The molecule has 0 spiro atoms. The van der Waals surface area contributed by atoms with Gasteiger partial charge in [-0.1, -0.05) is 11.2 Å². The van der Waals surface area contributed by atoms with Crippen LogP contribution in [0.5, 0.6) is 5.75 Å². The van der Waals surface area contributed by atoms with Gasteiger partial charge < -0.3 is 10.2 Å². The molecule has 0 aliphatic heterocycles. The van der Waals surface area contributed by atoms with Gasteiger partial charge in [0.2, 0.25) is 0 Å². The standard InChI is InChI=1S/C7H5N3O3/c8-10-9-4-1-2-5(7(12)13)6(11)3-4/h1-3,11H,(H,12,13). The van der Waals surface area contributed by atoms with Gasteiger partial charge in [-0.05, 0) is 17.7 Å². The smallest absolute Gasteiger partial charge is 0.339 e. The van der Waals surface area contributed by atoms with Crippen molar-refractivity contribution < 1.29 is 15.0 Å². The zero-order valence-corrected chi connectivity index (χ0v) is 6.38. The summed E-state index contributed by atoms with van der Waals surface area (Å²) in [6.07, 6.45) is 0. The predicted octanol–water partition coefficient (Wildman–Crippen LogP) is 2.03.